The Hall–Kier alpha value is -1.95. The lowest BCUT2D eigenvalue weighted by molar-refractivity contribution is 0.0313. The second-order valence-electron chi connectivity index (χ2n) is 6.74. The van der Waals surface area contributed by atoms with Crippen LogP contribution in [0.4, 0.5) is 4.39 Å². The molecule has 1 aliphatic heterocycles. The van der Waals surface area contributed by atoms with Crippen molar-refractivity contribution in [3.8, 4) is 5.75 Å². The van der Waals surface area contributed by atoms with E-state index in [1.165, 1.54) is 12.1 Å². The zero-order valence-electron chi connectivity index (χ0n) is 14.9. The van der Waals surface area contributed by atoms with Crippen molar-refractivity contribution in [3.05, 3.63) is 66.0 Å². The quantitative estimate of drug-likeness (QED) is 0.746. The smallest absolute Gasteiger partial charge is 0.123 e. The fourth-order valence-electron chi connectivity index (χ4n) is 3.23. The molecule has 2 aromatic carbocycles. The highest BCUT2D eigenvalue weighted by atomic mass is 19.1. The molecular weight excluding hydrogens is 333 g/mol. The fraction of sp³-hybridized carbons (Fsp3) is 0.429. The number of aliphatic hydroxyl groups is 1. The van der Waals surface area contributed by atoms with Crippen molar-refractivity contribution in [3.63, 3.8) is 0 Å². The number of para-hydroxylation sites is 1. The second-order valence-corrected chi connectivity index (χ2v) is 6.74. The highest BCUT2D eigenvalue weighted by Gasteiger charge is 2.21. The van der Waals surface area contributed by atoms with E-state index in [1.807, 2.05) is 36.4 Å². The number of ether oxygens (including phenoxy) is 2. The molecule has 1 heterocycles. The summed E-state index contributed by atoms with van der Waals surface area (Å²) in [6.45, 7) is 2.75. The summed E-state index contributed by atoms with van der Waals surface area (Å²) >= 11 is 0. The molecule has 0 amide bonds. The lowest BCUT2D eigenvalue weighted by atomic mass is 10.1. The zero-order valence-corrected chi connectivity index (χ0v) is 14.9. The van der Waals surface area contributed by atoms with E-state index in [4.69, 9.17) is 9.47 Å². The third kappa shape index (κ3) is 6.09. The van der Waals surface area contributed by atoms with Gasteiger partial charge in [0.25, 0.3) is 0 Å². The fourth-order valence-corrected chi connectivity index (χ4v) is 3.23. The van der Waals surface area contributed by atoms with Crippen molar-refractivity contribution in [2.45, 2.75) is 31.6 Å². The minimum absolute atomic E-state index is 0.172. The van der Waals surface area contributed by atoms with Gasteiger partial charge in [-0.05, 0) is 42.7 Å². The first-order valence-electron chi connectivity index (χ1n) is 9.13. The first-order valence-corrected chi connectivity index (χ1v) is 9.13. The highest BCUT2D eigenvalue weighted by molar-refractivity contribution is 5.21. The van der Waals surface area contributed by atoms with Gasteiger partial charge in [0.2, 0.25) is 0 Å². The number of benzene rings is 2. The van der Waals surface area contributed by atoms with Crippen LogP contribution in [0, 0.1) is 5.82 Å². The maximum atomic E-state index is 13.5. The predicted octanol–water partition coefficient (Wildman–Crippen LogP) is 3.25. The molecule has 0 saturated carbocycles. The molecule has 0 aromatic heterocycles. The molecule has 1 N–H and O–H groups in total. The number of halogens is 1. The minimum Gasteiger partial charge on any atom is -0.491 e. The van der Waals surface area contributed by atoms with Crippen molar-refractivity contribution >= 4 is 0 Å². The van der Waals surface area contributed by atoms with Crippen molar-refractivity contribution < 1.29 is 19.0 Å². The number of hydrogen-bond donors (Lipinski definition) is 1. The molecule has 26 heavy (non-hydrogen) atoms. The molecule has 2 atom stereocenters. The molecule has 0 spiro atoms. The summed E-state index contributed by atoms with van der Waals surface area (Å²) in [6, 6.07) is 16.0. The Kier molecular flexibility index (Phi) is 7.00. The molecule has 0 aliphatic carbocycles. The topological polar surface area (TPSA) is 41.9 Å². The molecule has 2 unspecified atom stereocenters. The van der Waals surface area contributed by atoms with Crippen molar-refractivity contribution in [1.82, 2.24) is 4.90 Å². The standard InChI is InChI=1S/C21H26FNO3/c22-18-7-4-6-17(12-18)13-23(15-21-10-5-11-25-21)14-19(24)16-26-20-8-2-1-3-9-20/h1-4,6-9,12,19,21,24H,5,10-11,13-16H2. The molecule has 4 nitrogen and oxygen atoms in total. The molecule has 1 fully saturated rings. The number of aliphatic hydroxyl groups excluding tert-OH is 1. The van der Waals surface area contributed by atoms with Crippen LogP contribution in [0.2, 0.25) is 0 Å². The van der Waals surface area contributed by atoms with Crippen LogP contribution in [0.25, 0.3) is 0 Å². The maximum absolute atomic E-state index is 13.5. The summed E-state index contributed by atoms with van der Waals surface area (Å²) < 4.78 is 24.8. The summed E-state index contributed by atoms with van der Waals surface area (Å²) in [4.78, 5) is 2.11. The van der Waals surface area contributed by atoms with Gasteiger partial charge in [0.05, 0.1) is 6.10 Å². The molecule has 1 saturated heterocycles. The van der Waals surface area contributed by atoms with Crippen LogP contribution in [0.5, 0.6) is 5.75 Å². The van der Waals surface area contributed by atoms with Gasteiger partial charge in [-0.15, -0.1) is 0 Å². The van der Waals surface area contributed by atoms with Crippen LogP contribution in [0.15, 0.2) is 54.6 Å². The van der Waals surface area contributed by atoms with E-state index in [-0.39, 0.29) is 18.5 Å². The van der Waals surface area contributed by atoms with Crippen molar-refractivity contribution in [2.75, 3.05) is 26.3 Å². The van der Waals surface area contributed by atoms with E-state index in [1.54, 1.807) is 6.07 Å². The van der Waals surface area contributed by atoms with E-state index in [0.717, 1.165) is 37.3 Å². The third-order valence-corrected chi connectivity index (χ3v) is 4.44. The Morgan fingerprint density at radius 2 is 2.04 bits per heavy atom. The van der Waals surface area contributed by atoms with Gasteiger partial charge in [-0.2, -0.15) is 0 Å². The lowest BCUT2D eigenvalue weighted by Gasteiger charge is -2.27. The van der Waals surface area contributed by atoms with Gasteiger partial charge in [0.15, 0.2) is 0 Å². The first kappa shape index (κ1) is 18.8. The van der Waals surface area contributed by atoms with Gasteiger partial charge in [-0.25, -0.2) is 4.39 Å². The Morgan fingerprint density at radius 1 is 1.19 bits per heavy atom. The average Bonchev–Trinajstić information content (AvgIpc) is 3.14. The van der Waals surface area contributed by atoms with Crippen molar-refractivity contribution in [2.24, 2.45) is 0 Å². The van der Waals surface area contributed by atoms with Gasteiger partial charge in [-0.3, -0.25) is 4.90 Å². The largest absolute Gasteiger partial charge is 0.491 e. The average molecular weight is 359 g/mol. The summed E-state index contributed by atoms with van der Waals surface area (Å²) in [5.74, 6) is 0.495. The van der Waals surface area contributed by atoms with Crippen molar-refractivity contribution in [1.29, 1.82) is 0 Å². The van der Waals surface area contributed by atoms with Crippen LogP contribution >= 0.6 is 0 Å². The predicted molar refractivity (Wildman–Crippen MR) is 98.6 cm³/mol. The number of rotatable bonds is 9. The molecule has 1 aliphatic rings. The molecule has 5 heteroatoms. The third-order valence-electron chi connectivity index (χ3n) is 4.44. The van der Waals surface area contributed by atoms with E-state index in [0.29, 0.717) is 13.1 Å². The van der Waals surface area contributed by atoms with Gasteiger partial charge < -0.3 is 14.6 Å². The van der Waals surface area contributed by atoms with Gasteiger partial charge in [-0.1, -0.05) is 30.3 Å². The van der Waals surface area contributed by atoms with E-state index >= 15 is 0 Å². The Balaban J connectivity index is 1.56. The molecule has 140 valence electrons. The summed E-state index contributed by atoms with van der Waals surface area (Å²) in [6.07, 6.45) is 1.63. The molecular formula is C21H26FNO3. The van der Waals surface area contributed by atoms with Crippen LogP contribution in [0.3, 0.4) is 0 Å². The van der Waals surface area contributed by atoms with Gasteiger partial charge in [0.1, 0.15) is 24.3 Å². The van der Waals surface area contributed by atoms with Crippen LogP contribution in [0.1, 0.15) is 18.4 Å². The highest BCUT2D eigenvalue weighted by Crippen LogP contribution is 2.16. The molecule has 2 aromatic rings. The lowest BCUT2D eigenvalue weighted by Crippen LogP contribution is -2.39. The molecule has 0 bridgehead atoms. The van der Waals surface area contributed by atoms with Crippen LogP contribution in [-0.4, -0.2) is 48.5 Å². The normalized spacial score (nSPS) is 18.2. The number of nitrogens with zero attached hydrogens (tertiary/aromatic N) is 1. The minimum atomic E-state index is -0.634. The second kappa shape index (κ2) is 9.67. The first-order chi connectivity index (χ1) is 12.7. The Labute approximate surface area is 154 Å². The van der Waals surface area contributed by atoms with E-state index in [2.05, 4.69) is 4.90 Å². The SMILES string of the molecule is OC(COc1ccccc1)CN(Cc1cccc(F)c1)CC1CCCO1. The van der Waals surface area contributed by atoms with Gasteiger partial charge in [0, 0.05) is 26.2 Å². The molecule has 3 rings (SSSR count). The monoisotopic (exact) mass is 359 g/mol. The summed E-state index contributed by atoms with van der Waals surface area (Å²) in [5, 5.41) is 10.4. The summed E-state index contributed by atoms with van der Waals surface area (Å²) in [7, 11) is 0. The van der Waals surface area contributed by atoms with Gasteiger partial charge >= 0.3 is 0 Å². The van der Waals surface area contributed by atoms with E-state index < -0.39 is 6.10 Å². The Bertz CT molecular complexity index is 661. The summed E-state index contributed by atoms with van der Waals surface area (Å²) in [5.41, 5.74) is 0.888. The zero-order chi connectivity index (χ0) is 18.2. The number of hydrogen-bond acceptors (Lipinski definition) is 4. The van der Waals surface area contributed by atoms with Crippen LogP contribution in [-0.2, 0) is 11.3 Å². The maximum Gasteiger partial charge on any atom is 0.123 e. The molecule has 0 radical (unpaired) electrons. The van der Waals surface area contributed by atoms with E-state index in [9.17, 15) is 9.50 Å². The van der Waals surface area contributed by atoms with Crippen LogP contribution < -0.4 is 4.74 Å². The Morgan fingerprint density at radius 3 is 2.77 bits per heavy atom.